The number of methoxy groups -OCH3 is 1. The van der Waals surface area contributed by atoms with Gasteiger partial charge in [0.25, 0.3) is 0 Å². The molecule has 26 heavy (non-hydrogen) atoms. The normalized spacial score (nSPS) is 13.9. The Bertz CT molecular complexity index is 1100. The van der Waals surface area contributed by atoms with Crippen molar-refractivity contribution in [3.63, 3.8) is 0 Å². The molecule has 128 valence electrons. The fourth-order valence-corrected chi connectivity index (χ4v) is 3.37. The number of nitrogens with zero attached hydrogens (tertiary/aromatic N) is 2. The summed E-state index contributed by atoms with van der Waals surface area (Å²) in [7, 11) is 1.66. The van der Waals surface area contributed by atoms with Gasteiger partial charge in [0.05, 0.1) is 13.3 Å². The lowest BCUT2D eigenvalue weighted by molar-refractivity contribution is 0.413. The van der Waals surface area contributed by atoms with Crippen molar-refractivity contribution in [3.8, 4) is 28.1 Å². The Morgan fingerprint density at radius 3 is 2.73 bits per heavy atom. The molecule has 4 nitrogen and oxygen atoms in total. The molecule has 0 amide bonds. The molecule has 0 unspecified atom stereocenters. The van der Waals surface area contributed by atoms with Gasteiger partial charge in [-0.1, -0.05) is 6.07 Å². The van der Waals surface area contributed by atoms with E-state index in [-0.39, 0.29) is 0 Å². The van der Waals surface area contributed by atoms with Crippen molar-refractivity contribution in [3.05, 3.63) is 66.7 Å². The third-order valence-electron chi connectivity index (χ3n) is 4.99. The zero-order valence-corrected chi connectivity index (χ0v) is 14.6. The van der Waals surface area contributed by atoms with Crippen LogP contribution in [0.4, 0.5) is 0 Å². The van der Waals surface area contributed by atoms with E-state index >= 15 is 0 Å². The Hall–Kier alpha value is -3.14. The van der Waals surface area contributed by atoms with Gasteiger partial charge in [-0.2, -0.15) is 0 Å². The molecule has 3 heterocycles. The first-order valence-electron chi connectivity index (χ1n) is 8.89. The van der Waals surface area contributed by atoms with Gasteiger partial charge in [-0.3, -0.25) is 9.97 Å². The number of pyridine rings is 2. The SMILES string of the molecule is COc1cncc(-c2ccc3[nH]c(-c4ccnc(C5CC5)c4)cc3c2)c1. The van der Waals surface area contributed by atoms with Crippen molar-refractivity contribution in [2.75, 3.05) is 7.11 Å². The third kappa shape index (κ3) is 2.73. The number of hydrogen-bond acceptors (Lipinski definition) is 3. The number of aromatic nitrogens is 3. The first-order chi connectivity index (χ1) is 12.8. The molecule has 0 bridgehead atoms. The van der Waals surface area contributed by atoms with Gasteiger partial charge in [0.1, 0.15) is 5.75 Å². The number of hydrogen-bond donors (Lipinski definition) is 1. The molecule has 5 rings (SSSR count). The Labute approximate surface area is 151 Å². The average Bonchev–Trinajstić information content (AvgIpc) is 3.46. The van der Waals surface area contributed by atoms with Crippen molar-refractivity contribution >= 4 is 10.9 Å². The van der Waals surface area contributed by atoms with E-state index in [2.05, 4.69) is 51.4 Å². The molecule has 1 fully saturated rings. The van der Waals surface area contributed by atoms with Crippen molar-refractivity contribution in [1.29, 1.82) is 0 Å². The number of benzene rings is 1. The van der Waals surface area contributed by atoms with Crippen LogP contribution >= 0.6 is 0 Å². The van der Waals surface area contributed by atoms with Crippen LogP contribution < -0.4 is 4.74 Å². The molecule has 0 spiro atoms. The molecule has 4 heteroatoms. The van der Waals surface area contributed by atoms with Gasteiger partial charge < -0.3 is 9.72 Å². The molecular weight excluding hydrogens is 322 g/mol. The molecule has 1 aromatic carbocycles. The predicted octanol–water partition coefficient (Wildman–Crippen LogP) is 5.18. The molecule has 1 aliphatic carbocycles. The van der Waals surface area contributed by atoms with E-state index in [1.54, 1.807) is 13.3 Å². The Kier molecular flexibility index (Phi) is 3.49. The largest absolute Gasteiger partial charge is 0.495 e. The summed E-state index contributed by atoms with van der Waals surface area (Å²) in [6.45, 7) is 0. The first-order valence-corrected chi connectivity index (χ1v) is 8.89. The number of H-pyrrole nitrogens is 1. The van der Waals surface area contributed by atoms with E-state index < -0.39 is 0 Å². The minimum Gasteiger partial charge on any atom is -0.495 e. The summed E-state index contributed by atoms with van der Waals surface area (Å²) >= 11 is 0. The van der Waals surface area contributed by atoms with Crippen LogP contribution in [0.5, 0.6) is 5.75 Å². The third-order valence-corrected chi connectivity index (χ3v) is 4.99. The summed E-state index contributed by atoms with van der Waals surface area (Å²) in [5.74, 6) is 1.42. The zero-order valence-electron chi connectivity index (χ0n) is 14.6. The number of ether oxygens (including phenoxy) is 1. The lowest BCUT2D eigenvalue weighted by Crippen LogP contribution is -1.87. The summed E-state index contributed by atoms with van der Waals surface area (Å²) in [4.78, 5) is 12.3. The maximum atomic E-state index is 5.29. The summed E-state index contributed by atoms with van der Waals surface area (Å²) in [6.07, 6.45) is 8.03. The van der Waals surface area contributed by atoms with Crippen molar-refractivity contribution < 1.29 is 4.74 Å². The van der Waals surface area contributed by atoms with Gasteiger partial charge in [-0.05, 0) is 54.8 Å². The summed E-state index contributed by atoms with van der Waals surface area (Å²) in [6, 6.07) is 14.9. The maximum absolute atomic E-state index is 5.29. The highest BCUT2D eigenvalue weighted by Crippen LogP contribution is 2.40. The minimum absolute atomic E-state index is 0.659. The van der Waals surface area contributed by atoms with Crippen LogP contribution in [-0.4, -0.2) is 22.1 Å². The minimum atomic E-state index is 0.659. The average molecular weight is 341 g/mol. The Morgan fingerprint density at radius 2 is 1.88 bits per heavy atom. The van der Waals surface area contributed by atoms with E-state index in [0.29, 0.717) is 5.92 Å². The standard InChI is InChI=1S/C22H19N3O/c1-26-19-9-18(12-23-13-19)15-4-5-20-17(8-15)11-22(25-20)16-6-7-24-21(10-16)14-2-3-14/h4-14,25H,2-3H2,1H3. The van der Waals surface area contributed by atoms with E-state index in [9.17, 15) is 0 Å². The Morgan fingerprint density at radius 1 is 0.962 bits per heavy atom. The molecule has 0 aliphatic heterocycles. The number of rotatable bonds is 4. The van der Waals surface area contributed by atoms with Gasteiger partial charge >= 0.3 is 0 Å². The van der Waals surface area contributed by atoms with Crippen molar-refractivity contribution in [2.24, 2.45) is 0 Å². The van der Waals surface area contributed by atoms with E-state index in [1.165, 1.54) is 29.5 Å². The molecular formula is C22H19N3O. The monoisotopic (exact) mass is 341 g/mol. The first kappa shape index (κ1) is 15.1. The summed E-state index contributed by atoms with van der Waals surface area (Å²) in [5, 5.41) is 1.19. The van der Waals surface area contributed by atoms with Crippen molar-refractivity contribution in [1.82, 2.24) is 15.0 Å². The van der Waals surface area contributed by atoms with E-state index in [1.807, 2.05) is 18.5 Å². The van der Waals surface area contributed by atoms with E-state index in [0.717, 1.165) is 28.1 Å². The fourth-order valence-electron chi connectivity index (χ4n) is 3.37. The lowest BCUT2D eigenvalue weighted by atomic mass is 10.1. The van der Waals surface area contributed by atoms with Gasteiger partial charge in [0.2, 0.25) is 0 Å². The van der Waals surface area contributed by atoms with Crippen LogP contribution in [0.25, 0.3) is 33.3 Å². The number of fused-ring (bicyclic) bond motifs is 1. The topological polar surface area (TPSA) is 50.8 Å². The summed E-state index contributed by atoms with van der Waals surface area (Å²) < 4.78 is 5.29. The second-order valence-electron chi connectivity index (χ2n) is 6.84. The molecule has 4 aromatic rings. The van der Waals surface area contributed by atoms with Crippen LogP contribution in [0.3, 0.4) is 0 Å². The van der Waals surface area contributed by atoms with Crippen LogP contribution in [0.1, 0.15) is 24.5 Å². The highest BCUT2D eigenvalue weighted by molar-refractivity contribution is 5.89. The molecule has 0 atom stereocenters. The quantitative estimate of drug-likeness (QED) is 0.556. The highest BCUT2D eigenvalue weighted by Gasteiger charge is 2.25. The molecule has 1 saturated carbocycles. The summed E-state index contributed by atoms with van der Waals surface area (Å²) in [5.41, 5.74) is 6.85. The molecule has 1 N–H and O–H groups in total. The zero-order chi connectivity index (χ0) is 17.5. The number of nitrogens with one attached hydrogen (secondary N) is 1. The van der Waals surface area contributed by atoms with Crippen LogP contribution in [0.15, 0.2) is 61.1 Å². The predicted molar refractivity (Wildman–Crippen MR) is 103 cm³/mol. The van der Waals surface area contributed by atoms with E-state index in [4.69, 9.17) is 4.74 Å². The van der Waals surface area contributed by atoms with Gasteiger partial charge in [-0.15, -0.1) is 0 Å². The second-order valence-corrected chi connectivity index (χ2v) is 6.84. The lowest BCUT2D eigenvalue weighted by Gasteiger charge is -2.04. The van der Waals surface area contributed by atoms with Crippen LogP contribution in [0.2, 0.25) is 0 Å². The van der Waals surface area contributed by atoms with Gasteiger partial charge in [0.15, 0.2) is 0 Å². The smallest absolute Gasteiger partial charge is 0.137 e. The Balaban J connectivity index is 1.54. The van der Waals surface area contributed by atoms with Gasteiger partial charge in [-0.25, -0.2) is 0 Å². The second kappa shape index (κ2) is 5.99. The van der Waals surface area contributed by atoms with Crippen LogP contribution in [-0.2, 0) is 0 Å². The van der Waals surface area contributed by atoms with Crippen molar-refractivity contribution in [2.45, 2.75) is 18.8 Å². The number of aromatic amines is 1. The maximum Gasteiger partial charge on any atom is 0.137 e. The molecule has 0 saturated heterocycles. The fraction of sp³-hybridized carbons (Fsp3) is 0.182. The molecule has 3 aromatic heterocycles. The van der Waals surface area contributed by atoms with Crippen LogP contribution in [0, 0.1) is 0 Å². The van der Waals surface area contributed by atoms with Gasteiger partial charge in [0, 0.05) is 51.7 Å². The molecule has 1 aliphatic rings. The molecule has 0 radical (unpaired) electrons. The highest BCUT2D eigenvalue weighted by atomic mass is 16.5.